The lowest BCUT2D eigenvalue weighted by atomic mass is 9.74. The second-order valence-corrected chi connectivity index (χ2v) is 14.2. The van der Waals surface area contributed by atoms with E-state index in [1.165, 1.54) is 24.6 Å². The Bertz CT molecular complexity index is 1350. The van der Waals surface area contributed by atoms with Crippen molar-refractivity contribution in [2.75, 3.05) is 18.0 Å². The maximum atomic E-state index is 13.3. The van der Waals surface area contributed by atoms with Crippen molar-refractivity contribution < 1.29 is 4.21 Å². The van der Waals surface area contributed by atoms with Crippen molar-refractivity contribution in [3.05, 3.63) is 41.1 Å². The second-order valence-electron chi connectivity index (χ2n) is 11.2. The highest BCUT2D eigenvalue weighted by Gasteiger charge is 2.46. The summed E-state index contributed by atoms with van der Waals surface area (Å²) in [4.78, 5) is 26.3. The molecule has 3 aromatic rings. The van der Waals surface area contributed by atoms with Crippen LogP contribution in [0.25, 0.3) is 11.0 Å². The number of piperidine rings is 1. The molecule has 5 rings (SSSR count). The van der Waals surface area contributed by atoms with Gasteiger partial charge >= 0.3 is 0 Å². The van der Waals surface area contributed by atoms with Gasteiger partial charge in [-0.15, -0.1) is 0 Å². The molecule has 4 heterocycles. The molecule has 1 spiro atoms. The molecule has 1 aliphatic carbocycles. The van der Waals surface area contributed by atoms with E-state index in [4.69, 9.17) is 4.98 Å². The number of hydrogen-bond donors (Lipinski definition) is 1. The van der Waals surface area contributed by atoms with E-state index in [1.807, 2.05) is 57.8 Å². The molecular formula is C26H36N6O2S2. The van der Waals surface area contributed by atoms with Crippen molar-refractivity contribution in [2.45, 2.75) is 73.5 Å². The molecule has 1 saturated heterocycles. The fraction of sp³-hybridized carbons (Fsp3) is 0.577. The van der Waals surface area contributed by atoms with Crippen molar-refractivity contribution >= 4 is 39.7 Å². The van der Waals surface area contributed by atoms with E-state index in [0.29, 0.717) is 4.90 Å². The summed E-state index contributed by atoms with van der Waals surface area (Å²) < 4.78 is 19.7. The molecule has 1 aliphatic heterocycles. The van der Waals surface area contributed by atoms with Gasteiger partial charge in [0.2, 0.25) is 5.95 Å². The summed E-state index contributed by atoms with van der Waals surface area (Å²) in [7, 11) is 2.72. The van der Waals surface area contributed by atoms with Gasteiger partial charge in [0.25, 0.3) is 5.56 Å². The Morgan fingerprint density at radius 2 is 1.86 bits per heavy atom. The third-order valence-corrected chi connectivity index (χ3v) is 10.5. The Hall–Kier alpha value is -2.17. The quantitative estimate of drug-likeness (QED) is 0.539. The maximum absolute atomic E-state index is 13.3. The van der Waals surface area contributed by atoms with Gasteiger partial charge < -0.3 is 9.47 Å². The Kier molecular flexibility index (Phi) is 6.80. The topological polar surface area (TPSA) is 85.0 Å². The lowest BCUT2D eigenvalue weighted by molar-refractivity contribution is 0.187. The summed E-state index contributed by atoms with van der Waals surface area (Å²) in [5.74, 6) is 0.722. The zero-order valence-electron chi connectivity index (χ0n) is 21.8. The number of anilines is 1. The van der Waals surface area contributed by atoms with Crippen molar-refractivity contribution in [3.8, 4) is 0 Å². The van der Waals surface area contributed by atoms with Crippen LogP contribution in [0.15, 0.2) is 45.3 Å². The molecule has 8 nitrogen and oxygen atoms in total. The van der Waals surface area contributed by atoms with Crippen LogP contribution in [0, 0.1) is 5.41 Å². The molecule has 3 aromatic heterocycles. The van der Waals surface area contributed by atoms with Crippen LogP contribution in [0.2, 0.25) is 0 Å². The second kappa shape index (κ2) is 9.61. The van der Waals surface area contributed by atoms with Gasteiger partial charge in [0.1, 0.15) is 5.65 Å². The molecule has 0 amide bonds. The van der Waals surface area contributed by atoms with E-state index in [0.717, 1.165) is 54.2 Å². The lowest BCUT2D eigenvalue weighted by Crippen LogP contribution is -2.51. The highest BCUT2D eigenvalue weighted by Crippen LogP contribution is 2.47. The molecule has 194 valence electrons. The summed E-state index contributed by atoms with van der Waals surface area (Å²) in [6, 6.07) is 4.26. The predicted molar refractivity (Wildman–Crippen MR) is 147 cm³/mol. The van der Waals surface area contributed by atoms with Gasteiger partial charge in [-0.3, -0.25) is 9.36 Å². The molecule has 36 heavy (non-hydrogen) atoms. The summed E-state index contributed by atoms with van der Waals surface area (Å²) in [6.07, 6.45) is 10.9. The fourth-order valence-electron chi connectivity index (χ4n) is 5.60. The van der Waals surface area contributed by atoms with E-state index in [2.05, 4.69) is 14.6 Å². The molecule has 1 saturated carbocycles. The highest BCUT2D eigenvalue weighted by atomic mass is 32.2. The van der Waals surface area contributed by atoms with E-state index in [1.54, 1.807) is 17.0 Å². The van der Waals surface area contributed by atoms with Gasteiger partial charge in [-0.2, -0.15) is 0 Å². The van der Waals surface area contributed by atoms with E-state index in [-0.39, 0.29) is 21.8 Å². The number of pyridine rings is 1. The third-order valence-electron chi connectivity index (χ3n) is 7.81. The standard InChI is InChI=1S/C26H36N6O2S2/c1-25(2,3)36(34)29-21-7-6-10-26(21)11-15-32(16-12-26)24-28-17-20(23(33)31(24)5)35-19-8-13-27-22-18(19)9-14-30(22)4/h8-9,13-14,17,21,29H,6-7,10-12,15-16H2,1-5H3/t21-,36?/m1/s1. The zero-order valence-corrected chi connectivity index (χ0v) is 23.4. The van der Waals surface area contributed by atoms with E-state index < -0.39 is 11.0 Å². The first-order valence-electron chi connectivity index (χ1n) is 12.7. The van der Waals surface area contributed by atoms with Gasteiger partial charge in [0, 0.05) is 55.9 Å². The Labute approximate surface area is 219 Å². The summed E-state index contributed by atoms with van der Waals surface area (Å²) in [5, 5.41) is 1.03. The molecule has 1 N–H and O–H groups in total. The Morgan fingerprint density at radius 1 is 1.11 bits per heavy atom. The number of aryl methyl sites for hydroxylation is 1. The molecule has 2 aliphatic rings. The van der Waals surface area contributed by atoms with Crippen LogP contribution in [0.3, 0.4) is 0 Å². The highest BCUT2D eigenvalue weighted by molar-refractivity contribution is 7.99. The molecular weight excluding hydrogens is 492 g/mol. The van der Waals surface area contributed by atoms with Crippen LogP contribution < -0.4 is 15.2 Å². The number of aromatic nitrogens is 4. The first-order chi connectivity index (χ1) is 17.1. The van der Waals surface area contributed by atoms with E-state index in [9.17, 15) is 9.00 Å². The van der Waals surface area contributed by atoms with Gasteiger partial charge in [0.05, 0.1) is 26.8 Å². The summed E-state index contributed by atoms with van der Waals surface area (Å²) in [5.41, 5.74) is 1.04. The molecule has 0 aromatic carbocycles. The summed E-state index contributed by atoms with van der Waals surface area (Å²) >= 11 is 1.44. The largest absolute Gasteiger partial charge is 0.342 e. The normalized spacial score (nSPS) is 20.9. The minimum absolute atomic E-state index is 0.0350. The van der Waals surface area contributed by atoms with Crippen molar-refractivity contribution in [1.82, 2.24) is 23.8 Å². The molecule has 0 radical (unpaired) electrons. The Balaban J connectivity index is 1.31. The SMILES string of the molecule is Cn1c(N2CCC3(CCC[C@H]3NS(=O)C(C)(C)C)CC2)ncc(Sc2ccnc3c2ccn3C)c1=O. The minimum atomic E-state index is -1.06. The van der Waals surface area contributed by atoms with Gasteiger partial charge in [-0.1, -0.05) is 18.2 Å². The Morgan fingerprint density at radius 3 is 2.58 bits per heavy atom. The number of nitrogens with one attached hydrogen (secondary N) is 1. The molecule has 2 atom stereocenters. The first-order valence-corrected chi connectivity index (χ1v) is 14.6. The monoisotopic (exact) mass is 528 g/mol. The van der Waals surface area contributed by atoms with Crippen molar-refractivity contribution in [3.63, 3.8) is 0 Å². The molecule has 0 bridgehead atoms. The average Bonchev–Trinajstić information content (AvgIpc) is 3.41. The first kappa shape index (κ1) is 25.5. The third kappa shape index (κ3) is 4.63. The van der Waals surface area contributed by atoms with Crippen molar-refractivity contribution in [1.29, 1.82) is 0 Å². The molecule has 10 heteroatoms. The van der Waals surface area contributed by atoms with E-state index >= 15 is 0 Å². The van der Waals surface area contributed by atoms with Gasteiger partial charge in [-0.25, -0.2) is 18.9 Å². The predicted octanol–water partition coefficient (Wildman–Crippen LogP) is 4.01. The lowest BCUT2D eigenvalue weighted by Gasteiger charge is -2.44. The van der Waals surface area contributed by atoms with Gasteiger partial charge in [0.15, 0.2) is 0 Å². The van der Waals surface area contributed by atoms with Crippen LogP contribution in [0.4, 0.5) is 5.95 Å². The number of nitrogens with zero attached hydrogens (tertiary/aromatic N) is 5. The number of hydrogen-bond acceptors (Lipinski definition) is 6. The number of rotatable bonds is 5. The summed E-state index contributed by atoms with van der Waals surface area (Å²) in [6.45, 7) is 7.76. The number of fused-ring (bicyclic) bond motifs is 1. The van der Waals surface area contributed by atoms with Crippen LogP contribution in [0.1, 0.15) is 52.9 Å². The minimum Gasteiger partial charge on any atom is -0.342 e. The molecule has 2 fully saturated rings. The fourth-order valence-corrected chi connectivity index (χ4v) is 7.55. The van der Waals surface area contributed by atoms with Crippen LogP contribution in [-0.4, -0.2) is 47.2 Å². The van der Waals surface area contributed by atoms with Crippen LogP contribution >= 0.6 is 11.8 Å². The smallest absolute Gasteiger partial charge is 0.268 e. The van der Waals surface area contributed by atoms with Gasteiger partial charge in [-0.05, 0) is 64.0 Å². The van der Waals surface area contributed by atoms with Crippen LogP contribution in [0.5, 0.6) is 0 Å². The van der Waals surface area contributed by atoms with Crippen molar-refractivity contribution in [2.24, 2.45) is 19.5 Å². The zero-order chi connectivity index (χ0) is 25.7. The average molecular weight is 529 g/mol. The molecule has 1 unspecified atom stereocenters. The van der Waals surface area contributed by atoms with Crippen LogP contribution in [-0.2, 0) is 25.1 Å². The maximum Gasteiger partial charge on any atom is 0.268 e.